The minimum Gasteiger partial charge on any atom is -0.309 e. The van der Waals surface area contributed by atoms with Crippen molar-refractivity contribution >= 4 is 17.6 Å². The molecule has 0 N–H and O–H groups in total. The van der Waals surface area contributed by atoms with E-state index in [1.807, 2.05) is 60.7 Å². The van der Waals surface area contributed by atoms with Gasteiger partial charge in [0.2, 0.25) is 0 Å². The van der Waals surface area contributed by atoms with Crippen LogP contribution in [0.2, 0.25) is 0 Å². The van der Waals surface area contributed by atoms with Gasteiger partial charge in [0.25, 0.3) is 11.5 Å². The number of benzene rings is 2. The predicted molar refractivity (Wildman–Crippen MR) is 117 cm³/mol. The van der Waals surface area contributed by atoms with E-state index in [0.717, 1.165) is 16.9 Å². The number of hydrogen-bond donors (Lipinski definition) is 0. The van der Waals surface area contributed by atoms with Gasteiger partial charge in [0.1, 0.15) is 11.2 Å². The standard InChI is InChI=1S/C24H24N4O3/c1-17-20(21(29)28(25(17)2)19-12-7-4-8-13-19)27-22(30)24(14-9-15-26(24)23(27)31)16-18-10-5-3-6-11-18/h3-8,10-13H,9,14-16H2,1-2H3/t24-/m0/s1. The first-order valence-corrected chi connectivity index (χ1v) is 10.5. The number of hydrogen-bond acceptors (Lipinski definition) is 3. The minimum absolute atomic E-state index is 0.142. The first-order valence-electron chi connectivity index (χ1n) is 10.5. The molecule has 0 bridgehead atoms. The molecule has 0 aliphatic carbocycles. The lowest BCUT2D eigenvalue weighted by Crippen LogP contribution is -2.47. The van der Waals surface area contributed by atoms with E-state index in [9.17, 15) is 14.4 Å². The van der Waals surface area contributed by atoms with E-state index >= 15 is 0 Å². The summed E-state index contributed by atoms with van der Waals surface area (Å²) in [6.45, 7) is 2.29. The van der Waals surface area contributed by atoms with Crippen molar-refractivity contribution in [3.63, 3.8) is 0 Å². The summed E-state index contributed by atoms with van der Waals surface area (Å²) in [5.41, 5.74) is 1.11. The fraction of sp³-hybridized carbons (Fsp3) is 0.292. The second-order valence-corrected chi connectivity index (χ2v) is 8.28. The molecule has 1 aromatic heterocycles. The molecule has 2 aromatic carbocycles. The zero-order chi connectivity index (χ0) is 21.8. The Labute approximate surface area is 180 Å². The van der Waals surface area contributed by atoms with Gasteiger partial charge in [0.15, 0.2) is 0 Å². The van der Waals surface area contributed by atoms with Crippen LogP contribution in [0.1, 0.15) is 24.1 Å². The van der Waals surface area contributed by atoms with Crippen LogP contribution in [0.3, 0.4) is 0 Å². The third-order valence-electron chi connectivity index (χ3n) is 6.60. The molecule has 0 radical (unpaired) electrons. The maximum atomic E-state index is 13.8. The molecule has 7 nitrogen and oxygen atoms in total. The van der Waals surface area contributed by atoms with Crippen molar-refractivity contribution in [1.82, 2.24) is 14.3 Å². The molecule has 5 rings (SSSR count). The third-order valence-corrected chi connectivity index (χ3v) is 6.60. The van der Waals surface area contributed by atoms with Crippen LogP contribution in [0.5, 0.6) is 0 Å². The summed E-state index contributed by atoms with van der Waals surface area (Å²) in [6, 6.07) is 18.6. The van der Waals surface area contributed by atoms with E-state index in [4.69, 9.17) is 0 Å². The molecule has 7 heteroatoms. The Morgan fingerprint density at radius 2 is 1.58 bits per heavy atom. The van der Waals surface area contributed by atoms with E-state index in [-0.39, 0.29) is 17.2 Å². The molecule has 3 aromatic rings. The van der Waals surface area contributed by atoms with Crippen LogP contribution < -0.4 is 10.5 Å². The first-order chi connectivity index (χ1) is 15.0. The van der Waals surface area contributed by atoms with E-state index < -0.39 is 11.6 Å². The average Bonchev–Trinajstić information content (AvgIpc) is 3.35. The van der Waals surface area contributed by atoms with Crippen molar-refractivity contribution in [2.24, 2.45) is 7.05 Å². The van der Waals surface area contributed by atoms with E-state index in [0.29, 0.717) is 30.8 Å². The summed E-state index contributed by atoms with van der Waals surface area (Å²) >= 11 is 0. The van der Waals surface area contributed by atoms with Gasteiger partial charge in [-0.3, -0.25) is 14.3 Å². The fourth-order valence-electron chi connectivity index (χ4n) is 5.00. The third kappa shape index (κ3) is 2.69. The Kier molecular flexibility index (Phi) is 4.36. The normalized spacial score (nSPS) is 20.6. The Morgan fingerprint density at radius 3 is 2.26 bits per heavy atom. The van der Waals surface area contributed by atoms with Gasteiger partial charge in [-0.05, 0) is 37.5 Å². The SMILES string of the molecule is Cc1c(N2C(=O)N3CCC[C@]3(Cc3ccccc3)C2=O)c(=O)n(-c2ccccc2)n1C. The molecule has 2 aliphatic rings. The van der Waals surface area contributed by atoms with Crippen molar-refractivity contribution in [1.29, 1.82) is 0 Å². The number of anilines is 1. The Bertz CT molecular complexity index is 1230. The van der Waals surface area contributed by atoms with Crippen LogP contribution in [-0.4, -0.2) is 38.3 Å². The molecular formula is C24H24N4O3. The molecule has 31 heavy (non-hydrogen) atoms. The Morgan fingerprint density at radius 1 is 0.935 bits per heavy atom. The number of carbonyl (C=O) groups is 2. The maximum Gasteiger partial charge on any atom is 0.332 e. The molecule has 0 unspecified atom stereocenters. The van der Waals surface area contributed by atoms with Crippen LogP contribution in [0.15, 0.2) is 65.5 Å². The highest BCUT2D eigenvalue weighted by Gasteiger charge is 2.60. The molecule has 3 heterocycles. The second-order valence-electron chi connectivity index (χ2n) is 8.28. The lowest BCUT2D eigenvalue weighted by atomic mass is 9.88. The molecule has 3 amide bonds. The van der Waals surface area contributed by atoms with Crippen molar-refractivity contribution in [2.75, 3.05) is 11.4 Å². The van der Waals surface area contributed by atoms with Crippen molar-refractivity contribution in [3.05, 3.63) is 82.3 Å². The highest BCUT2D eigenvalue weighted by atomic mass is 16.2. The molecule has 2 saturated heterocycles. The molecule has 0 spiro atoms. The lowest BCUT2D eigenvalue weighted by molar-refractivity contribution is -0.123. The molecule has 2 fully saturated rings. The maximum absolute atomic E-state index is 13.8. The number of imide groups is 1. The summed E-state index contributed by atoms with van der Waals surface area (Å²) < 4.78 is 3.19. The predicted octanol–water partition coefficient (Wildman–Crippen LogP) is 3.03. The molecule has 2 aliphatic heterocycles. The highest BCUT2D eigenvalue weighted by molar-refractivity contribution is 6.23. The first kappa shape index (κ1) is 19.4. The van der Waals surface area contributed by atoms with Gasteiger partial charge in [-0.25, -0.2) is 14.4 Å². The average molecular weight is 416 g/mol. The quantitative estimate of drug-likeness (QED) is 0.614. The van der Waals surface area contributed by atoms with Crippen LogP contribution in [0, 0.1) is 6.92 Å². The van der Waals surface area contributed by atoms with Gasteiger partial charge in [-0.15, -0.1) is 0 Å². The summed E-state index contributed by atoms with van der Waals surface area (Å²) in [5, 5.41) is 0. The van der Waals surface area contributed by atoms with Crippen molar-refractivity contribution in [3.8, 4) is 5.69 Å². The number of fused-ring (bicyclic) bond motifs is 1. The number of carbonyl (C=O) groups excluding carboxylic acids is 2. The largest absolute Gasteiger partial charge is 0.332 e. The molecule has 0 saturated carbocycles. The van der Waals surface area contributed by atoms with Gasteiger partial charge < -0.3 is 4.90 Å². The molecule has 1 atom stereocenters. The van der Waals surface area contributed by atoms with E-state index in [2.05, 4.69) is 0 Å². The van der Waals surface area contributed by atoms with Crippen molar-refractivity contribution < 1.29 is 9.59 Å². The number of rotatable bonds is 4. The number of para-hydroxylation sites is 1. The van der Waals surface area contributed by atoms with Crippen LogP contribution in [0.4, 0.5) is 10.5 Å². The zero-order valence-corrected chi connectivity index (χ0v) is 17.6. The van der Waals surface area contributed by atoms with E-state index in [1.165, 1.54) is 4.68 Å². The summed E-state index contributed by atoms with van der Waals surface area (Å²) in [5.74, 6) is -0.301. The zero-order valence-electron chi connectivity index (χ0n) is 17.6. The van der Waals surface area contributed by atoms with E-state index in [1.54, 1.807) is 23.6 Å². The number of aromatic nitrogens is 2. The lowest BCUT2D eigenvalue weighted by Gasteiger charge is -2.28. The smallest absolute Gasteiger partial charge is 0.309 e. The Balaban J connectivity index is 1.62. The number of amides is 3. The highest BCUT2D eigenvalue weighted by Crippen LogP contribution is 2.42. The van der Waals surface area contributed by atoms with Crippen LogP contribution in [-0.2, 0) is 18.3 Å². The van der Waals surface area contributed by atoms with Crippen LogP contribution >= 0.6 is 0 Å². The summed E-state index contributed by atoms with van der Waals surface area (Å²) in [7, 11) is 1.76. The Hall–Kier alpha value is -3.61. The minimum atomic E-state index is -0.926. The van der Waals surface area contributed by atoms with Crippen molar-refractivity contribution in [2.45, 2.75) is 31.7 Å². The molecule has 158 valence electrons. The second kappa shape index (κ2) is 6.97. The monoisotopic (exact) mass is 416 g/mol. The number of urea groups is 1. The van der Waals surface area contributed by atoms with Gasteiger partial charge in [-0.2, -0.15) is 0 Å². The van der Waals surface area contributed by atoms with Gasteiger partial charge in [0, 0.05) is 20.0 Å². The number of nitrogens with zero attached hydrogens (tertiary/aromatic N) is 4. The topological polar surface area (TPSA) is 67.6 Å². The van der Waals surface area contributed by atoms with Gasteiger partial charge in [0.05, 0.1) is 11.4 Å². The van der Waals surface area contributed by atoms with Crippen LogP contribution in [0.25, 0.3) is 5.69 Å². The molecular weight excluding hydrogens is 392 g/mol. The summed E-state index contributed by atoms with van der Waals surface area (Å²) in [4.78, 5) is 43.5. The summed E-state index contributed by atoms with van der Waals surface area (Å²) in [6.07, 6.45) is 1.83. The van der Waals surface area contributed by atoms with Gasteiger partial charge in [-0.1, -0.05) is 48.5 Å². The fourth-order valence-corrected chi connectivity index (χ4v) is 5.00. The van der Waals surface area contributed by atoms with Gasteiger partial charge >= 0.3 is 6.03 Å².